The van der Waals surface area contributed by atoms with Gasteiger partial charge in [-0.1, -0.05) is 0 Å². The zero-order valence-electron chi connectivity index (χ0n) is 10.3. The number of anilines is 1. The summed E-state index contributed by atoms with van der Waals surface area (Å²) in [4.78, 5) is 8.38. The molecule has 0 aliphatic rings. The summed E-state index contributed by atoms with van der Waals surface area (Å²) in [6.45, 7) is 2.61. The van der Waals surface area contributed by atoms with Crippen LogP contribution in [-0.2, 0) is 13.6 Å². The number of fused-ring (bicyclic) bond motifs is 1. The maximum absolute atomic E-state index is 5.98. The molecule has 0 aliphatic heterocycles. The summed E-state index contributed by atoms with van der Waals surface area (Å²) in [5, 5.41) is 4.36. The molecule has 0 aliphatic carbocycles. The van der Waals surface area contributed by atoms with E-state index in [1.807, 2.05) is 35.4 Å². The van der Waals surface area contributed by atoms with Gasteiger partial charge in [0.25, 0.3) is 0 Å². The summed E-state index contributed by atoms with van der Waals surface area (Å²) in [5.41, 5.74) is 9.82. The second-order valence-electron chi connectivity index (χ2n) is 4.29. The van der Waals surface area contributed by atoms with E-state index in [9.17, 15) is 0 Å². The second-order valence-corrected chi connectivity index (χ2v) is 4.29. The molecule has 18 heavy (non-hydrogen) atoms. The number of nitrogens with two attached hydrogens (primary N) is 1. The van der Waals surface area contributed by atoms with Gasteiger partial charge in [0.15, 0.2) is 5.65 Å². The zero-order chi connectivity index (χ0) is 12.7. The van der Waals surface area contributed by atoms with Crippen molar-refractivity contribution in [3.8, 4) is 0 Å². The van der Waals surface area contributed by atoms with Gasteiger partial charge in [-0.2, -0.15) is 5.10 Å². The Kier molecular flexibility index (Phi) is 2.29. The molecule has 3 heterocycles. The Morgan fingerprint density at radius 1 is 1.28 bits per heavy atom. The van der Waals surface area contributed by atoms with Crippen molar-refractivity contribution in [3.05, 3.63) is 35.8 Å². The molecule has 0 saturated heterocycles. The molecule has 0 amide bonds. The molecule has 0 aromatic carbocycles. The summed E-state index contributed by atoms with van der Waals surface area (Å²) in [5.74, 6) is 0.512. The minimum atomic E-state index is 0.512. The van der Waals surface area contributed by atoms with Crippen molar-refractivity contribution in [2.45, 2.75) is 13.5 Å². The Morgan fingerprint density at radius 2 is 2.00 bits per heavy atom. The fraction of sp³-hybridized carbons (Fsp3) is 0.250. The smallest absolute Gasteiger partial charge is 0.202 e. The van der Waals surface area contributed by atoms with Crippen LogP contribution in [0.3, 0.4) is 0 Å². The number of aryl methyl sites for hydroxylation is 2. The summed E-state index contributed by atoms with van der Waals surface area (Å²) >= 11 is 0. The van der Waals surface area contributed by atoms with E-state index in [2.05, 4.69) is 15.1 Å². The van der Waals surface area contributed by atoms with Gasteiger partial charge in [0.1, 0.15) is 5.52 Å². The molecule has 3 aromatic heterocycles. The van der Waals surface area contributed by atoms with Crippen molar-refractivity contribution in [1.82, 2.24) is 24.3 Å². The van der Waals surface area contributed by atoms with Gasteiger partial charge in [-0.25, -0.2) is 4.98 Å². The van der Waals surface area contributed by atoms with Crippen molar-refractivity contribution < 1.29 is 0 Å². The van der Waals surface area contributed by atoms with E-state index in [1.165, 1.54) is 0 Å². The van der Waals surface area contributed by atoms with Gasteiger partial charge in [-0.15, -0.1) is 0 Å². The summed E-state index contributed by atoms with van der Waals surface area (Å²) in [7, 11) is 1.90. The van der Waals surface area contributed by atoms with E-state index in [0.29, 0.717) is 12.5 Å². The molecular weight excluding hydrogens is 228 g/mol. The molecule has 0 fully saturated rings. The largest absolute Gasteiger partial charge is 0.369 e. The molecule has 3 aromatic rings. The first-order valence-electron chi connectivity index (χ1n) is 5.71. The maximum Gasteiger partial charge on any atom is 0.202 e. The molecule has 0 atom stereocenters. The fourth-order valence-corrected chi connectivity index (χ4v) is 2.18. The van der Waals surface area contributed by atoms with Gasteiger partial charge in [0.05, 0.1) is 12.2 Å². The molecule has 0 unspecified atom stereocenters. The van der Waals surface area contributed by atoms with Crippen molar-refractivity contribution >= 4 is 17.1 Å². The van der Waals surface area contributed by atoms with Gasteiger partial charge in [0, 0.05) is 19.4 Å². The predicted molar refractivity (Wildman–Crippen MR) is 69.0 cm³/mol. The van der Waals surface area contributed by atoms with Gasteiger partial charge in [0.2, 0.25) is 5.95 Å². The standard InChI is InChI=1S/C12H14N6/c1-8-10-11(17(2)16-8)18(12(13)15-10)7-9-3-5-14-6-4-9/h3-6H,7H2,1-2H3,(H2,13,15). The van der Waals surface area contributed by atoms with E-state index in [0.717, 1.165) is 22.4 Å². The van der Waals surface area contributed by atoms with Gasteiger partial charge >= 0.3 is 0 Å². The van der Waals surface area contributed by atoms with Crippen LogP contribution in [0.5, 0.6) is 0 Å². The quantitative estimate of drug-likeness (QED) is 0.730. The molecule has 0 bridgehead atoms. The van der Waals surface area contributed by atoms with Crippen molar-refractivity contribution in [2.24, 2.45) is 7.05 Å². The molecule has 0 spiro atoms. The van der Waals surface area contributed by atoms with Gasteiger partial charge in [-0.05, 0) is 24.6 Å². The van der Waals surface area contributed by atoms with Crippen molar-refractivity contribution in [3.63, 3.8) is 0 Å². The Balaban J connectivity index is 2.14. The number of pyridine rings is 1. The average molecular weight is 242 g/mol. The topological polar surface area (TPSA) is 74.6 Å². The highest BCUT2D eigenvalue weighted by Crippen LogP contribution is 2.21. The highest BCUT2D eigenvalue weighted by molar-refractivity contribution is 5.77. The number of imidazole rings is 1. The third-order valence-electron chi connectivity index (χ3n) is 3.01. The first kappa shape index (κ1) is 10.8. The van der Waals surface area contributed by atoms with E-state index in [-0.39, 0.29) is 0 Å². The highest BCUT2D eigenvalue weighted by Gasteiger charge is 2.15. The van der Waals surface area contributed by atoms with Crippen LogP contribution in [0, 0.1) is 6.92 Å². The molecule has 92 valence electrons. The van der Waals surface area contributed by atoms with Gasteiger partial charge < -0.3 is 5.73 Å². The zero-order valence-corrected chi connectivity index (χ0v) is 10.3. The van der Waals surface area contributed by atoms with Crippen LogP contribution in [0.2, 0.25) is 0 Å². The molecular formula is C12H14N6. The number of hydrogen-bond donors (Lipinski definition) is 1. The maximum atomic E-state index is 5.98. The molecule has 3 rings (SSSR count). The van der Waals surface area contributed by atoms with Crippen LogP contribution in [0.25, 0.3) is 11.2 Å². The molecule has 6 nitrogen and oxygen atoms in total. The lowest BCUT2D eigenvalue weighted by Crippen LogP contribution is -2.07. The third kappa shape index (κ3) is 1.54. The minimum absolute atomic E-state index is 0.512. The fourth-order valence-electron chi connectivity index (χ4n) is 2.18. The summed E-state index contributed by atoms with van der Waals surface area (Å²) in [6.07, 6.45) is 3.54. The molecule has 0 radical (unpaired) electrons. The molecule has 0 saturated carbocycles. The van der Waals surface area contributed by atoms with E-state index in [4.69, 9.17) is 5.73 Å². The minimum Gasteiger partial charge on any atom is -0.369 e. The first-order chi connectivity index (χ1) is 8.66. The van der Waals surface area contributed by atoms with Crippen molar-refractivity contribution in [1.29, 1.82) is 0 Å². The van der Waals surface area contributed by atoms with Crippen LogP contribution in [-0.4, -0.2) is 24.3 Å². The van der Waals surface area contributed by atoms with E-state index < -0.39 is 0 Å². The number of hydrogen-bond acceptors (Lipinski definition) is 4. The Bertz CT molecular complexity index is 694. The lowest BCUT2D eigenvalue weighted by molar-refractivity contribution is 0.725. The lowest BCUT2D eigenvalue weighted by atomic mass is 10.3. The van der Waals surface area contributed by atoms with Crippen LogP contribution in [0.4, 0.5) is 5.95 Å². The number of nitrogens with zero attached hydrogens (tertiary/aromatic N) is 5. The number of aromatic nitrogens is 5. The van der Waals surface area contributed by atoms with Crippen LogP contribution in [0.1, 0.15) is 11.3 Å². The number of rotatable bonds is 2. The molecule has 6 heteroatoms. The van der Waals surface area contributed by atoms with Crippen LogP contribution >= 0.6 is 0 Å². The highest BCUT2D eigenvalue weighted by atomic mass is 15.3. The second kappa shape index (κ2) is 3.83. The average Bonchev–Trinajstić information content (AvgIpc) is 2.81. The summed E-state index contributed by atoms with van der Waals surface area (Å²) < 4.78 is 3.78. The number of nitrogen functional groups attached to an aromatic ring is 1. The van der Waals surface area contributed by atoms with Crippen molar-refractivity contribution in [2.75, 3.05) is 5.73 Å². The van der Waals surface area contributed by atoms with Crippen LogP contribution in [0.15, 0.2) is 24.5 Å². The first-order valence-corrected chi connectivity index (χ1v) is 5.71. The Morgan fingerprint density at radius 3 is 2.72 bits per heavy atom. The van der Waals surface area contributed by atoms with E-state index >= 15 is 0 Å². The normalized spacial score (nSPS) is 11.2. The lowest BCUT2D eigenvalue weighted by Gasteiger charge is -2.06. The Labute approximate surface area is 104 Å². The van der Waals surface area contributed by atoms with E-state index in [1.54, 1.807) is 12.4 Å². The SMILES string of the molecule is Cc1nn(C)c2c1nc(N)n2Cc1ccncc1. The predicted octanol–water partition coefficient (Wildman–Crippen LogP) is 1.10. The van der Waals surface area contributed by atoms with Crippen LogP contribution < -0.4 is 5.73 Å². The molecule has 2 N–H and O–H groups in total. The summed E-state index contributed by atoms with van der Waals surface area (Å²) in [6, 6.07) is 3.93. The van der Waals surface area contributed by atoms with Gasteiger partial charge in [-0.3, -0.25) is 14.2 Å². The third-order valence-corrected chi connectivity index (χ3v) is 3.01. The Hall–Kier alpha value is -2.37. The monoisotopic (exact) mass is 242 g/mol.